The highest BCUT2D eigenvalue weighted by molar-refractivity contribution is 6.29. The lowest BCUT2D eigenvalue weighted by atomic mass is 10.1. The molecule has 0 N–H and O–H groups in total. The predicted molar refractivity (Wildman–Crippen MR) is 84.4 cm³/mol. The fourth-order valence-corrected chi connectivity index (χ4v) is 2.20. The summed E-state index contributed by atoms with van der Waals surface area (Å²) in [7, 11) is 0. The first-order valence-corrected chi connectivity index (χ1v) is 6.79. The van der Waals surface area contributed by atoms with Gasteiger partial charge in [0.05, 0.1) is 11.9 Å². The molecule has 0 aliphatic carbocycles. The zero-order valence-corrected chi connectivity index (χ0v) is 12.6. The zero-order chi connectivity index (χ0) is 14.7. The summed E-state index contributed by atoms with van der Waals surface area (Å²) in [4.78, 5) is 8.48. The van der Waals surface area contributed by atoms with Crippen molar-refractivity contribution in [2.24, 2.45) is 4.99 Å². The summed E-state index contributed by atoms with van der Waals surface area (Å²) in [5, 5.41) is 4.81. The fourth-order valence-electron chi connectivity index (χ4n) is 1.97. The van der Waals surface area contributed by atoms with E-state index >= 15 is 0 Å². The number of allylic oxidation sites excluding steroid dienone is 3. The van der Waals surface area contributed by atoms with Crippen molar-refractivity contribution in [3.8, 4) is 0 Å². The highest BCUT2D eigenvalue weighted by Crippen LogP contribution is 2.25. The van der Waals surface area contributed by atoms with Gasteiger partial charge in [-0.05, 0) is 19.6 Å². The maximum absolute atomic E-state index is 6.29. The molecule has 2 aromatic rings. The van der Waals surface area contributed by atoms with Crippen molar-refractivity contribution in [1.29, 1.82) is 0 Å². The Bertz CT molecular complexity index is 695. The molecule has 0 unspecified atom stereocenters. The first kappa shape index (κ1) is 14.5. The van der Waals surface area contributed by atoms with E-state index in [2.05, 4.69) is 35.6 Å². The SMILES string of the molecule is C=N/C=C(\C=C/C)c1cc(Cl)n2ncc(C(C)C)c2n1. The molecule has 0 aromatic carbocycles. The Morgan fingerprint density at radius 2 is 2.25 bits per heavy atom. The van der Waals surface area contributed by atoms with Crippen molar-refractivity contribution in [3.63, 3.8) is 0 Å². The Kier molecular flexibility index (Phi) is 4.35. The number of hydrogen-bond acceptors (Lipinski definition) is 3. The molecule has 0 amide bonds. The molecule has 2 heterocycles. The van der Waals surface area contributed by atoms with Crippen LogP contribution in [-0.2, 0) is 0 Å². The van der Waals surface area contributed by atoms with Gasteiger partial charge >= 0.3 is 0 Å². The summed E-state index contributed by atoms with van der Waals surface area (Å²) in [5.41, 5.74) is 3.47. The molecule has 0 radical (unpaired) electrons. The Labute approximate surface area is 123 Å². The summed E-state index contributed by atoms with van der Waals surface area (Å²) in [5.74, 6) is 0.331. The second-order valence-electron chi connectivity index (χ2n) is 4.72. The lowest BCUT2D eigenvalue weighted by Crippen LogP contribution is -1.98. The van der Waals surface area contributed by atoms with E-state index in [9.17, 15) is 0 Å². The molecule has 0 saturated carbocycles. The van der Waals surface area contributed by atoms with Crippen molar-refractivity contribution in [2.45, 2.75) is 26.7 Å². The standard InChI is InChI=1S/C15H17ClN4/c1-5-6-11(8-17-4)13-7-14(16)20-15(19-13)12(9-18-20)10(2)3/h5-10H,4H2,1-3H3/b6-5-,11-8+. The fraction of sp³-hybridized carbons (Fsp3) is 0.267. The first-order valence-electron chi connectivity index (χ1n) is 6.41. The zero-order valence-electron chi connectivity index (χ0n) is 11.8. The quantitative estimate of drug-likeness (QED) is 0.482. The summed E-state index contributed by atoms with van der Waals surface area (Å²) >= 11 is 6.29. The number of hydrogen-bond donors (Lipinski definition) is 0. The monoisotopic (exact) mass is 288 g/mol. The second-order valence-corrected chi connectivity index (χ2v) is 5.11. The van der Waals surface area contributed by atoms with Crippen LogP contribution in [0.5, 0.6) is 0 Å². The molecule has 0 aliphatic rings. The summed E-state index contributed by atoms with van der Waals surface area (Å²) < 4.78 is 1.65. The molecule has 4 nitrogen and oxygen atoms in total. The van der Waals surface area contributed by atoms with Gasteiger partial charge in [-0.3, -0.25) is 4.99 Å². The Hall–Kier alpha value is -1.94. The number of aromatic nitrogens is 3. The van der Waals surface area contributed by atoms with E-state index in [-0.39, 0.29) is 0 Å². The van der Waals surface area contributed by atoms with Crippen LogP contribution in [0.4, 0.5) is 0 Å². The first-order chi connectivity index (χ1) is 9.58. The molecule has 0 bridgehead atoms. The maximum atomic E-state index is 6.29. The average Bonchev–Trinajstić information content (AvgIpc) is 2.83. The predicted octanol–water partition coefficient (Wildman–Crippen LogP) is 4.12. The van der Waals surface area contributed by atoms with E-state index in [1.54, 1.807) is 16.8 Å². The van der Waals surface area contributed by atoms with Crippen LogP contribution in [0.25, 0.3) is 11.2 Å². The normalized spacial score (nSPS) is 12.8. The Morgan fingerprint density at radius 1 is 1.50 bits per heavy atom. The van der Waals surface area contributed by atoms with Crippen LogP contribution >= 0.6 is 11.6 Å². The smallest absolute Gasteiger partial charge is 0.160 e. The molecule has 0 atom stereocenters. The maximum Gasteiger partial charge on any atom is 0.160 e. The minimum absolute atomic E-state index is 0.331. The van der Waals surface area contributed by atoms with Crippen LogP contribution < -0.4 is 0 Å². The van der Waals surface area contributed by atoms with Gasteiger partial charge in [0.2, 0.25) is 0 Å². The van der Waals surface area contributed by atoms with E-state index in [0.717, 1.165) is 22.5 Å². The van der Waals surface area contributed by atoms with E-state index in [1.807, 2.05) is 25.3 Å². The molecular weight excluding hydrogens is 272 g/mol. The number of rotatable bonds is 4. The molecule has 0 fully saturated rings. The van der Waals surface area contributed by atoms with E-state index < -0.39 is 0 Å². The van der Waals surface area contributed by atoms with Gasteiger partial charge in [-0.15, -0.1) is 0 Å². The van der Waals surface area contributed by atoms with Gasteiger partial charge in [0, 0.05) is 23.4 Å². The van der Waals surface area contributed by atoms with Crippen molar-refractivity contribution >= 4 is 29.5 Å². The van der Waals surface area contributed by atoms with Gasteiger partial charge in [-0.2, -0.15) is 5.10 Å². The number of fused-ring (bicyclic) bond motifs is 1. The van der Waals surface area contributed by atoms with Crippen LogP contribution in [0.1, 0.15) is 37.9 Å². The molecule has 2 rings (SSSR count). The topological polar surface area (TPSA) is 42.5 Å². The van der Waals surface area contributed by atoms with Gasteiger partial charge < -0.3 is 0 Å². The highest BCUT2D eigenvalue weighted by Gasteiger charge is 2.13. The van der Waals surface area contributed by atoms with Crippen molar-refractivity contribution in [1.82, 2.24) is 14.6 Å². The molecule has 0 spiro atoms. The van der Waals surface area contributed by atoms with Crippen molar-refractivity contribution < 1.29 is 0 Å². The average molecular weight is 289 g/mol. The van der Waals surface area contributed by atoms with Crippen molar-refractivity contribution in [2.75, 3.05) is 0 Å². The highest BCUT2D eigenvalue weighted by atomic mass is 35.5. The third-order valence-corrected chi connectivity index (χ3v) is 3.22. The number of halogens is 1. The van der Waals surface area contributed by atoms with Gasteiger partial charge in [0.1, 0.15) is 5.15 Å². The summed E-state index contributed by atoms with van der Waals surface area (Å²) in [6.07, 6.45) is 7.33. The van der Waals surface area contributed by atoms with Crippen LogP contribution in [0.2, 0.25) is 5.15 Å². The molecule has 0 aliphatic heterocycles. The number of nitrogens with zero attached hydrogens (tertiary/aromatic N) is 4. The van der Waals surface area contributed by atoms with Gasteiger partial charge in [-0.1, -0.05) is 37.6 Å². The summed E-state index contributed by atoms with van der Waals surface area (Å²) in [6.45, 7) is 9.64. The second kappa shape index (κ2) is 6.01. The van der Waals surface area contributed by atoms with E-state index in [0.29, 0.717) is 11.1 Å². The lowest BCUT2D eigenvalue weighted by Gasteiger charge is -2.06. The Balaban J connectivity index is 2.69. The molecule has 0 saturated heterocycles. The van der Waals surface area contributed by atoms with Crippen LogP contribution in [0, 0.1) is 0 Å². The van der Waals surface area contributed by atoms with Crippen LogP contribution in [-0.4, -0.2) is 21.3 Å². The lowest BCUT2D eigenvalue weighted by molar-refractivity contribution is 0.871. The molecule has 104 valence electrons. The molecule has 5 heteroatoms. The van der Waals surface area contributed by atoms with Gasteiger partial charge in [0.25, 0.3) is 0 Å². The third-order valence-electron chi connectivity index (χ3n) is 2.95. The van der Waals surface area contributed by atoms with E-state index in [1.165, 1.54) is 0 Å². The molecule has 20 heavy (non-hydrogen) atoms. The minimum Gasteiger partial charge on any atom is -0.272 e. The largest absolute Gasteiger partial charge is 0.272 e. The summed E-state index contributed by atoms with van der Waals surface area (Å²) in [6, 6.07) is 1.78. The number of aliphatic imine (C=N–C) groups is 1. The minimum atomic E-state index is 0.331. The molecule has 2 aromatic heterocycles. The van der Waals surface area contributed by atoms with Gasteiger partial charge in [0.15, 0.2) is 5.65 Å². The third kappa shape index (κ3) is 2.65. The van der Waals surface area contributed by atoms with Crippen LogP contribution in [0.3, 0.4) is 0 Å². The van der Waals surface area contributed by atoms with Crippen LogP contribution in [0.15, 0.2) is 35.6 Å². The molecular formula is C15H17ClN4. The van der Waals surface area contributed by atoms with Gasteiger partial charge in [-0.25, -0.2) is 9.50 Å². The van der Waals surface area contributed by atoms with Crippen molar-refractivity contribution in [3.05, 3.63) is 47.0 Å². The van der Waals surface area contributed by atoms with E-state index in [4.69, 9.17) is 11.6 Å². The Morgan fingerprint density at radius 3 is 2.85 bits per heavy atom.